The van der Waals surface area contributed by atoms with E-state index < -0.39 is 7.60 Å². The Balaban J connectivity index is 2.56. The third kappa shape index (κ3) is 4.63. The molecule has 0 aliphatic heterocycles. The lowest BCUT2D eigenvalue weighted by Gasteiger charge is -1.96. The van der Waals surface area contributed by atoms with Gasteiger partial charge in [-0.1, -0.05) is 42.5 Å². The van der Waals surface area contributed by atoms with Crippen LogP contribution in [-0.4, -0.2) is 15.9 Å². The van der Waals surface area contributed by atoms with Crippen LogP contribution < -0.4 is 0 Å². The van der Waals surface area contributed by atoms with E-state index in [1.54, 1.807) is 6.08 Å². The summed E-state index contributed by atoms with van der Waals surface area (Å²) in [6.45, 7) is 0. The minimum Gasteiger partial charge on any atom is -0.324 e. The van der Waals surface area contributed by atoms with Gasteiger partial charge in [-0.05, 0) is 5.56 Å². The van der Waals surface area contributed by atoms with E-state index in [2.05, 4.69) is 0 Å². The van der Waals surface area contributed by atoms with Crippen LogP contribution in [0.3, 0.4) is 0 Å². The molecule has 13 heavy (non-hydrogen) atoms. The molecule has 0 aliphatic carbocycles. The fraction of sp³-hybridized carbons (Fsp3) is 0.111. The first kappa shape index (κ1) is 10.2. The molecule has 0 bridgehead atoms. The van der Waals surface area contributed by atoms with Gasteiger partial charge in [0.2, 0.25) is 0 Å². The highest BCUT2D eigenvalue weighted by Gasteiger charge is 2.08. The van der Waals surface area contributed by atoms with Gasteiger partial charge in [0.1, 0.15) is 0 Å². The van der Waals surface area contributed by atoms with E-state index in [0.29, 0.717) is 0 Å². The summed E-state index contributed by atoms with van der Waals surface area (Å²) in [4.78, 5) is 17.1. The molecule has 0 spiro atoms. The van der Waals surface area contributed by atoms with Crippen LogP contribution in [0.15, 0.2) is 36.4 Å². The predicted molar refractivity (Wildman–Crippen MR) is 52.4 cm³/mol. The van der Waals surface area contributed by atoms with E-state index in [1.165, 1.54) is 6.08 Å². The molecule has 1 rings (SSSR count). The van der Waals surface area contributed by atoms with Crippen molar-refractivity contribution in [2.24, 2.45) is 0 Å². The Hall–Kier alpha value is -0.890. The number of rotatable bonds is 3. The summed E-state index contributed by atoms with van der Waals surface area (Å²) in [6.07, 6.45) is 2.97. The van der Waals surface area contributed by atoms with Crippen LogP contribution >= 0.6 is 7.60 Å². The van der Waals surface area contributed by atoms with E-state index in [-0.39, 0.29) is 6.16 Å². The Kier molecular flexibility index (Phi) is 3.43. The maximum absolute atomic E-state index is 10.5. The summed E-state index contributed by atoms with van der Waals surface area (Å²) >= 11 is 0. The lowest BCUT2D eigenvalue weighted by atomic mass is 10.2. The van der Waals surface area contributed by atoms with Crippen molar-refractivity contribution in [3.63, 3.8) is 0 Å². The second kappa shape index (κ2) is 4.38. The topological polar surface area (TPSA) is 57.5 Å². The molecule has 0 unspecified atom stereocenters. The summed E-state index contributed by atoms with van der Waals surface area (Å²) in [5.74, 6) is 0. The van der Waals surface area contributed by atoms with Gasteiger partial charge in [0, 0.05) is 0 Å². The monoisotopic (exact) mass is 198 g/mol. The Morgan fingerprint density at radius 3 is 2.38 bits per heavy atom. The van der Waals surface area contributed by atoms with Gasteiger partial charge in [-0.25, -0.2) is 0 Å². The van der Waals surface area contributed by atoms with Gasteiger partial charge in [-0.2, -0.15) is 0 Å². The largest absolute Gasteiger partial charge is 0.329 e. The number of allylic oxidation sites excluding steroid dienone is 1. The smallest absolute Gasteiger partial charge is 0.324 e. The lowest BCUT2D eigenvalue weighted by Crippen LogP contribution is -1.81. The molecule has 0 heterocycles. The number of hydrogen-bond donors (Lipinski definition) is 2. The molecule has 0 fully saturated rings. The Bertz CT molecular complexity index is 326. The zero-order valence-corrected chi connectivity index (χ0v) is 7.89. The molecule has 0 radical (unpaired) electrons. The van der Waals surface area contributed by atoms with Crippen LogP contribution in [0.1, 0.15) is 5.56 Å². The fourth-order valence-corrected chi connectivity index (χ4v) is 1.27. The number of benzene rings is 1. The molecule has 0 aliphatic rings. The van der Waals surface area contributed by atoms with E-state index in [0.717, 1.165) is 5.56 Å². The lowest BCUT2D eigenvalue weighted by molar-refractivity contribution is 0.377. The molecule has 0 atom stereocenters. The molecular formula is C9H11O3P. The predicted octanol–water partition coefficient (Wildman–Crippen LogP) is 1.88. The minimum atomic E-state index is -3.89. The van der Waals surface area contributed by atoms with Crippen molar-refractivity contribution in [3.05, 3.63) is 42.0 Å². The SMILES string of the molecule is O=P(O)(O)C/C=C/c1ccccc1. The van der Waals surface area contributed by atoms with Crippen molar-refractivity contribution in [2.75, 3.05) is 6.16 Å². The molecule has 4 heteroatoms. The quantitative estimate of drug-likeness (QED) is 0.729. The second-order valence-electron chi connectivity index (χ2n) is 2.66. The van der Waals surface area contributed by atoms with Crippen LogP contribution in [-0.2, 0) is 4.57 Å². The zero-order chi connectivity index (χ0) is 9.73. The summed E-state index contributed by atoms with van der Waals surface area (Å²) in [5, 5.41) is 0. The minimum absolute atomic E-state index is 0.206. The van der Waals surface area contributed by atoms with Crippen LogP contribution in [0, 0.1) is 0 Å². The highest BCUT2D eigenvalue weighted by Crippen LogP contribution is 2.34. The molecule has 1 aromatic rings. The summed E-state index contributed by atoms with van der Waals surface area (Å²) in [5.41, 5.74) is 0.941. The normalized spacial score (nSPS) is 12.2. The molecule has 0 amide bonds. The van der Waals surface area contributed by atoms with E-state index in [4.69, 9.17) is 9.79 Å². The maximum Gasteiger partial charge on any atom is 0.329 e. The number of hydrogen-bond acceptors (Lipinski definition) is 1. The molecule has 3 nitrogen and oxygen atoms in total. The van der Waals surface area contributed by atoms with E-state index in [9.17, 15) is 4.57 Å². The molecular weight excluding hydrogens is 187 g/mol. The van der Waals surface area contributed by atoms with Crippen molar-refractivity contribution in [2.45, 2.75) is 0 Å². The van der Waals surface area contributed by atoms with Gasteiger partial charge in [-0.15, -0.1) is 0 Å². The van der Waals surface area contributed by atoms with E-state index in [1.807, 2.05) is 30.3 Å². The van der Waals surface area contributed by atoms with Gasteiger partial charge in [-0.3, -0.25) is 4.57 Å². The fourth-order valence-electron chi connectivity index (χ4n) is 0.890. The van der Waals surface area contributed by atoms with Gasteiger partial charge < -0.3 is 9.79 Å². The average Bonchev–Trinajstić information content (AvgIpc) is 2.04. The maximum atomic E-state index is 10.5. The first-order valence-electron chi connectivity index (χ1n) is 3.84. The van der Waals surface area contributed by atoms with Gasteiger partial charge >= 0.3 is 7.60 Å². The first-order valence-corrected chi connectivity index (χ1v) is 5.64. The summed E-state index contributed by atoms with van der Waals surface area (Å²) < 4.78 is 10.5. The highest BCUT2D eigenvalue weighted by molar-refractivity contribution is 7.51. The Labute approximate surface area is 76.9 Å². The van der Waals surface area contributed by atoms with Crippen molar-refractivity contribution in [1.82, 2.24) is 0 Å². The van der Waals surface area contributed by atoms with E-state index >= 15 is 0 Å². The van der Waals surface area contributed by atoms with Gasteiger partial charge in [0.05, 0.1) is 6.16 Å². The summed E-state index contributed by atoms with van der Waals surface area (Å²) in [7, 11) is -3.89. The standard InChI is InChI=1S/C9H11O3P/c10-13(11,12)8-4-7-9-5-2-1-3-6-9/h1-7H,8H2,(H2,10,11,12)/b7-4+. The molecule has 2 N–H and O–H groups in total. The third-order valence-corrected chi connectivity index (χ3v) is 2.14. The van der Waals surface area contributed by atoms with Crippen LogP contribution in [0.25, 0.3) is 6.08 Å². The molecule has 70 valence electrons. The van der Waals surface area contributed by atoms with Crippen LogP contribution in [0.2, 0.25) is 0 Å². The highest BCUT2D eigenvalue weighted by atomic mass is 31.2. The Morgan fingerprint density at radius 1 is 1.23 bits per heavy atom. The van der Waals surface area contributed by atoms with Crippen molar-refractivity contribution >= 4 is 13.7 Å². The van der Waals surface area contributed by atoms with Crippen LogP contribution in [0.5, 0.6) is 0 Å². The van der Waals surface area contributed by atoms with Crippen LogP contribution in [0.4, 0.5) is 0 Å². The van der Waals surface area contributed by atoms with Crippen molar-refractivity contribution in [3.8, 4) is 0 Å². The summed E-state index contributed by atoms with van der Waals surface area (Å²) in [6, 6.07) is 9.38. The zero-order valence-electron chi connectivity index (χ0n) is 7.00. The van der Waals surface area contributed by atoms with Gasteiger partial charge in [0.15, 0.2) is 0 Å². The third-order valence-electron chi connectivity index (χ3n) is 1.45. The molecule has 0 aromatic heterocycles. The molecule has 1 aromatic carbocycles. The van der Waals surface area contributed by atoms with Crippen molar-refractivity contribution < 1.29 is 14.4 Å². The van der Waals surface area contributed by atoms with Gasteiger partial charge in [0.25, 0.3) is 0 Å². The molecule has 0 saturated heterocycles. The molecule has 0 saturated carbocycles. The second-order valence-corrected chi connectivity index (χ2v) is 4.35. The average molecular weight is 198 g/mol. The first-order chi connectivity index (χ1) is 6.08. The van der Waals surface area contributed by atoms with Crippen molar-refractivity contribution in [1.29, 1.82) is 0 Å². The Morgan fingerprint density at radius 2 is 1.85 bits per heavy atom.